The highest BCUT2D eigenvalue weighted by Gasteiger charge is 2.15. The van der Waals surface area contributed by atoms with Gasteiger partial charge in [0.1, 0.15) is 0 Å². The van der Waals surface area contributed by atoms with Crippen LogP contribution in [0.15, 0.2) is 29.2 Å². The molecule has 1 aliphatic heterocycles. The third-order valence-corrected chi connectivity index (χ3v) is 5.75. The van der Waals surface area contributed by atoms with Crippen LogP contribution in [0.3, 0.4) is 0 Å². The molecule has 1 fully saturated rings. The SMILES string of the molecule is CC(C)c1ccc(S(=O)(=O)NCCN2CCCCCC2)cc1. The molecule has 2 rings (SSSR count). The molecule has 1 aromatic carbocycles. The van der Waals surface area contributed by atoms with E-state index in [-0.39, 0.29) is 0 Å². The quantitative estimate of drug-likeness (QED) is 0.875. The van der Waals surface area contributed by atoms with Crippen molar-refractivity contribution >= 4 is 10.0 Å². The lowest BCUT2D eigenvalue weighted by molar-refractivity contribution is 0.290. The summed E-state index contributed by atoms with van der Waals surface area (Å²) < 4.78 is 27.3. The molecule has 0 aromatic heterocycles. The number of nitrogens with one attached hydrogen (secondary N) is 1. The van der Waals surface area contributed by atoms with Crippen molar-refractivity contribution in [3.8, 4) is 0 Å². The molecule has 0 radical (unpaired) electrons. The van der Waals surface area contributed by atoms with E-state index in [1.165, 1.54) is 25.7 Å². The van der Waals surface area contributed by atoms with Crippen LogP contribution in [-0.4, -0.2) is 39.5 Å². The van der Waals surface area contributed by atoms with Crippen molar-refractivity contribution in [2.45, 2.75) is 50.3 Å². The molecule has 0 atom stereocenters. The minimum absolute atomic E-state index is 0.354. The molecule has 22 heavy (non-hydrogen) atoms. The first-order valence-electron chi connectivity index (χ1n) is 8.31. The molecule has 0 spiro atoms. The normalized spacial score (nSPS) is 17.6. The average Bonchev–Trinajstić information content (AvgIpc) is 2.76. The fourth-order valence-electron chi connectivity index (χ4n) is 2.81. The van der Waals surface area contributed by atoms with Gasteiger partial charge in [-0.15, -0.1) is 0 Å². The average molecular weight is 324 g/mol. The maximum atomic E-state index is 12.3. The monoisotopic (exact) mass is 324 g/mol. The zero-order valence-corrected chi connectivity index (χ0v) is 14.5. The van der Waals surface area contributed by atoms with E-state index >= 15 is 0 Å². The molecule has 1 aliphatic rings. The van der Waals surface area contributed by atoms with Gasteiger partial charge < -0.3 is 4.90 Å². The van der Waals surface area contributed by atoms with Gasteiger partial charge in [0.2, 0.25) is 10.0 Å². The third kappa shape index (κ3) is 5.07. The van der Waals surface area contributed by atoms with Crippen LogP contribution in [0.25, 0.3) is 0 Å². The predicted octanol–water partition coefficient (Wildman–Crippen LogP) is 2.96. The maximum Gasteiger partial charge on any atom is 0.240 e. The van der Waals surface area contributed by atoms with Crippen molar-refractivity contribution in [3.05, 3.63) is 29.8 Å². The molecule has 1 heterocycles. The summed E-state index contributed by atoms with van der Waals surface area (Å²) in [5.41, 5.74) is 1.16. The van der Waals surface area contributed by atoms with E-state index in [0.717, 1.165) is 25.2 Å². The van der Waals surface area contributed by atoms with Crippen molar-refractivity contribution in [1.29, 1.82) is 0 Å². The van der Waals surface area contributed by atoms with E-state index in [4.69, 9.17) is 0 Å². The van der Waals surface area contributed by atoms with Crippen LogP contribution in [-0.2, 0) is 10.0 Å². The summed E-state index contributed by atoms with van der Waals surface area (Å²) in [5, 5.41) is 0. The van der Waals surface area contributed by atoms with E-state index in [1.807, 2.05) is 12.1 Å². The Balaban J connectivity index is 1.87. The largest absolute Gasteiger partial charge is 0.302 e. The zero-order valence-electron chi connectivity index (χ0n) is 13.7. The number of nitrogens with zero attached hydrogens (tertiary/aromatic N) is 1. The summed E-state index contributed by atoms with van der Waals surface area (Å²) in [7, 11) is -3.39. The summed E-state index contributed by atoms with van der Waals surface area (Å²) in [4.78, 5) is 2.71. The number of sulfonamides is 1. The molecule has 0 saturated carbocycles. The molecule has 1 aromatic rings. The fourth-order valence-corrected chi connectivity index (χ4v) is 3.83. The Bertz CT molecular complexity index is 545. The van der Waals surface area contributed by atoms with Gasteiger partial charge in [0.05, 0.1) is 4.90 Å². The van der Waals surface area contributed by atoms with Crippen LogP contribution < -0.4 is 4.72 Å². The molecule has 1 saturated heterocycles. The summed E-state index contributed by atoms with van der Waals surface area (Å²) in [6, 6.07) is 7.19. The Morgan fingerprint density at radius 1 is 1.05 bits per heavy atom. The molecule has 0 bridgehead atoms. The highest BCUT2D eigenvalue weighted by atomic mass is 32.2. The van der Waals surface area contributed by atoms with Crippen LogP contribution in [0.4, 0.5) is 0 Å². The van der Waals surface area contributed by atoms with E-state index in [1.54, 1.807) is 12.1 Å². The molecule has 124 valence electrons. The minimum Gasteiger partial charge on any atom is -0.302 e. The molecular weight excluding hydrogens is 296 g/mol. The van der Waals surface area contributed by atoms with Crippen LogP contribution in [0.5, 0.6) is 0 Å². The Morgan fingerprint density at radius 2 is 1.64 bits per heavy atom. The summed E-state index contributed by atoms with van der Waals surface area (Å²) in [6.45, 7) is 7.65. The minimum atomic E-state index is -3.39. The van der Waals surface area contributed by atoms with Gasteiger partial charge in [-0.25, -0.2) is 13.1 Å². The maximum absolute atomic E-state index is 12.3. The van der Waals surface area contributed by atoms with E-state index in [2.05, 4.69) is 23.5 Å². The molecule has 0 aliphatic carbocycles. The number of likely N-dealkylation sites (tertiary alicyclic amines) is 1. The van der Waals surface area contributed by atoms with E-state index in [9.17, 15) is 8.42 Å². The smallest absolute Gasteiger partial charge is 0.240 e. The highest BCUT2D eigenvalue weighted by molar-refractivity contribution is 7.89. The van der Waals surface area contributed by atoms with Crippen molar-refractivity contribution in [3.63, 3.8) is 0 Å². The van der Waals surface area contributed by atoms with Gasteiger partial charge in [0.25, 0.3) is 0 Å². The highest BCUT2D eigenvalue weighted by Crippen LogP contribution is 2.17. The second-order valence-electron chi connectivity index (χ2n) is 6.38. The lowest BCUT2D eigenvalue weighted by Gasteiger charge is -2.19. The van der Waals surface area contributed by atoms with Gasteiger partial charge in [-0.1, -0.05) is 38.8 Å². The van der Waals surface area contributed by atoms with Crippen molar-refractivity contribution in [2.75, 3.05) is 26.2 Å². The summed E-state index contributed by atoms with van der Waals surface area (Å²) in [5.74, 6) is 0.410. The van der Waals surface area contributed by atoms with Crippen molar-refractivity contribution in [1.82, 2.24) is 9.62 Å². The Kier molecular flexibility index (Phi) is 6.41. The first-order valence-corrected chi connectivity index (χ1v) is 9.79. The number of hydrogen-bond acceptors (Lipinski definition) is 3. The Hall–Kier alpha value is -0.910. The van der Waals surface area contributed by atoms with Gasteiger partial charge in [0.15, 0.2) is 0 Å². The second-order valence-corrected chi connectivity index (χ2v) is 8.14. The lowest BCUT2D eigenvalue weighted by atomic mass is 10.0. The molecule has 1 N–H and O–H groups in total. The van der Waals surface area contributed by atoms with Crippen LogP contribution >= 0.6 is 0 Å². The molecule has 5 heteroatoms. The molecule has 0 unspecified atom stereocenters. The predicted molar refractivity (Wildman–Crippen MR) is 90.6 cm³/mol. The van der Waals surface area contributed by atoms with Gasteiger partial charge in [0, 0.05) is 13.1 Å². The number of benzene rings is 1. The summed E-state index contributed by atoms with van der Waals surface area (Å²) >= 11 is 0. The van der Waals surface area contributed by atoms with Gasteiger partial charge in [-0.3, -0.25) is 0 Å². The molecule has 0 amide bonds. The first-order chi connectivity index (χ1) is 10.5. The van der Waals surface area contributed by atoms with Gasteiger partial charge in [-0.2, -0.15) is 0 Å². The lowest BCUT2D eigenvalue weighted by Crippen LogP contribution is -2.35. The molecule has 4 nitrogen and oxygen atoms in total. The van der Waals surface area contributed by atoms with Gasteiger partial charge >= 0.3 is 0 Å². The Labute approximate surface area is 135 Å². The third-order valence-electron chi connectivity index (χ3n) is 4.28. The van der Waals surface area contributed by atoms with Crippen LogP contribution in [0.2, 0.25) is 0 Å². The Morgan fingerprint density at radius 3 is 2.18 bits per heavy atom. The second kappa shape index (κ2) is 8.09. The van der Waals surface area contributed by atoms with Crippen molar-refractivity contribution < 1.29 is 8.42 Å². The summed E-state index contributed by atoms with van der Waals surface area (Å²) in [6.07, 6.45) is 5.04. The number of hydrogen-bond donors (Lipinski definition) is 1. The van der Waals surface area contributed by atoms with Crippen molar-refractivity contribution in [2.24, 2.45) is 0 Å². The van der Waals surface area contributed by atoms with Gasteiger partial charge in [-0.05, 0) is 49.5 Å². The van der Waals surface area contributed by atoms with E-state index in [0.29, 0.717) is 17.4 Å². The zero-order chi connectivity index (χ0) is 16.0. The fraction of sp³-hybridized carbons (Fsp3) is 0.647. The number of rotatable bonds is 6. The standard InChI is InChI=1S/C17H28N2O2S/c1-15(2)16-7-9-17(10-8-16)22(20,21)18-11-14-19-12-5-3-4-6-13-19/h7-10,15,18H,3-6,11-14H2,1-2H3. The van der Waals surface area contributed by atoms with Crippen LogP contribution in [0, 0.1) is 0 Å². The first kappa shape index (κ1) is 17.4. The topological polar surface area (TPSA) is 49.4 Å². The van der Waals surface area contributed by atoms with Crippen LogP contribution in [0.1, 0.15) is 51.0 Å². The molecular formula is C17H28N2O2S. The van der Waals surface area contributed by atoms with E-state index < -0.39 is 10.0 Å².